The molecule has 0 bridgehead atoms. The van der Waals surface area contributed by atoms with Crippen LogP contribution in [0.15, 0.2) is 180 Å². The Morgan fingerprint density at radius 1 is 0.459 bits per heavy atom. The summed E-state index contributed by atoms with van der Waals surface area (Å²) in [6.45, 7) is 21.0. The fourth-order valence-electron chi connectivity index (χ4n) is 8.83. The average Bonchev–Trinajstić information content (AvgIpc) is 1.63. The summed E-state index contributed by atoms with van der Waals surface area (Å²) in [6.07, 6.45) is 15.4. The number of ether oxygens (including phenoxy) is 6. The van der Waals surface area contributed by atoms with Gasteiger partial charge in [-0.3, -0.25) is 0 Å². The van der Waals surface area contributed by atoms with Crippen LogP contribution in [0.2, 0.25) is 0 Å². The number of aliphatic hydroxyl groups is 1. The molecule has 3 heterocycles. The van der Waals surface area contributed by atoms with Gasteiger partial charge in [0, 0.05) is 51.6 Å². The Morgan fingerprint density at radius 3 is 1.11 bits per heavy atom. The molecule has 0 aliphatic rings. The monoisotopic (exact) mass is 1700 g/mol. The van der Waals surface area contributed by atoms with Gasteiger partial charge in [0.1, 0.15) is 54.7 Å². The number of aliphatic imine (C=N–C) groups is 2. The zero-order valence-corrected chi connectivity index (χ0v) is 68.1. The molecule has 0 spiro atoms. The molecule has 122 heavy (non-hydrogen) atoms. The number of nitrogens with zero attached hydrogens (tertiary/aromatic N) is 10. The van der Waals surface area contributed by atoms with Crippen LogP contribution in [-0.2, 0) is 124 Å². The van der Waals surface area contributed by atoms with E-state index < -0.39 is 95.1 Å². The van der Waals surface area contributed by atoms with Crippen LogP contribution in [-0.4, -0.2) is 190 Å². The Kier molecular flexibility index (Phi) is 60.9. The number of hydrogen-bond donors (Lipinski definition) is 7. The standard InChI is InChI=1S/C24H28N4O4.C21H22N4O4.C17H21NO4.C10H15NO4.C7H10N4O4.C2H6.CH4O.5CH4/c1-24(2,3)32-23(30)25-21(22(29)31-17-19-12-8-5-9-13-19)14-20-16-28(27-26-20)15-18-10-6-4-7-11-18;1-27-29-16-22-20(21(26)28-15-18-10-6-3-7-11-18)12-19-14-25(24-23-19)13-17-8-4-2-5-9-17;1-5-9-14(18-16(20)22-17(2,3)4)15(19)21-12-13-10-7-6-8-11-13;1-5-6-7(8(12)13)11-9(14)15-10(2,3)4;1-14-15-4-8-6(7(12)13)2-5-3-9-11-10-5;2*1-2;;;;;/h4-13,16,21H,14-15,17H2,1-3H3,(H,25,30);2-11,14,16,20H,12-13,15H2,1H3;1,6-8,10-11,14H,9,12H2,2-4H3,(H,18,20);1,7H,6H2,2-4H3,(H,11,14)(H,12,13);3-4,6H,2H2,1H3,(H,12,13)(H,9,10,11);1-2H3;2H,1H3;5*1H4/t21-;20-;14-;7-;6-;;;;;;;/m00000......./s1. The van der Waals surface area contributed by atoms with E-state index in [9.17, 15) is 38.4 Å². The van der Waals surface area contributed by atoms with Crippen LogP contribution in [0.25, 0.3) is 0 Å². The number of aromatic nitrogens is 9. The number of aliphatic carboxylic acids is 2. The maximum atomic E-state index is 12.8. The number of carbonyl (C=O) groups is 8. The van der Waals surface area contributed by atoms with Gasteiger partial charge >= 0.3 is 48.1 Å². The van der Waals surface area contributed by atoms with Gasteiger partial charge in [-0.1, -0.05) is 213 Å². The Morgan fingerprint density at radius 2 is 0.779 bits per heavy atom. The highest BCUT2D eigenvalue weighted by atomic mass is 17.2. The van der Waals surface area contributed by atoms with Gasteiger partial charge in [-0.2, -0.15) is 25.2 Å². The van der Waals surface area contributed by atoms with Gasteiger partial charge in [0.2, 0.25) is 12.8 Å². The van der Waals surface area contributed by atoms with Crippen molar-refractivity contribution in [2.24, 2.45) is 9.98 Å². The van der Waals surface area contributed by atoms with E-state index >= 15 is 0 Å². The summed E-state index contributed by atoms with van der Waals surface area (Å²) in [5.41, 5.74) is 4.46. The van der Waals surface area contributed by atoms with Crippen molar-refractivity contribution in [1.29, 1.82) is 0 Å². The van der Waals surface area contributed by atoms with Crippen molar-refractivity contribution in [3.63, 3.8) is 0 Å². The summed E-state index contributed by atoms with van der Waals surface area (Å²) < 4.78 is 34.7. The second-order valence-electron chi connectivity index (χ2n) is 26.8. The molecule has 0 aliphatic heterocycles. The molecule has 8 rings (SSSR count). The summed E-state index contributed by atoms with van der Waals surface area (Å²) in [4.78, 5) is 119. The second kappa shape index (κ2) is 64.6. The normalized spacial score (nSPS) is 11.4. The zero-order chi connectivity index (χ0) is 87.0. The molecule has 0 radical (unpaired) electrons. The SMILES string of the molecule is C.C.C.C.C.C#CC[C@H](NC(=O)OC(C)(C)C)C(=O)O.C#CC[C@H](NC(=O)OC(C)(C)C)C(=O)OCc1ccccc1.CC.CC(C)(C)OC(=O)N[C@@H](Cc1cn(Cc2ccccc2)nn1)C(=O)OCc1ccccc1.CO.COOC=N[C@@H](Cc1cn(Cc2ccccc2)nn1)C(=O)OCc1ccccc1.COOC=N[C@@H](Cc1cn[nH]n1)C(=O)O. The third-order valence-electron chi connectivity index (χ3n) is 13.8. The van der Waals surface area contributed by atoms with Crippen molar-refractivity contribution in [3.8, 4) is 24.7 Å². The number of esters is 3. The number of alkyl carbamates (subject to hydrolysis) is 3. The van der Waals surface area contributed by atoms with Crippen molar-refractivity contribution in [2.45, 2.75) is 225 Å². The van der Waals surface area contributed by atoms with Crippen LogP contribution in [0.1, 0.15) is 171 Å². The van der Waals surface area contributed by atoms with E-state index in [0.29, 0.717) is 30.2 Å². The summed E-state index contributed by atoms with van der Waals surface area (Å²) >= 11 is 0. The molecule has 7 N–H and O–H groups in total. The first-order chi connectivity index (χ1) is 55.8. The Bertz CT molecular complexity index is 4300. The number of hydrogen-bond acceptors (Lipinski definition) is 27. The second-order valence-corrected chi connectivity index (χ2v) is 26.8. The Balaban J connectivity index is -0.000000719. The maximum Gasteiger partial charge on any atom is 0.408 e. The molecule has 3 amide bonds. The molecule has 8 aromatic rings. The minimum absolute atomic E-state index is 0. The number of nitrogens with one attached hydrogen (secondary N) is 4. The van der Waals surface area contributed by atoms with Gasteiger partial charge in [0.05, 0.1) is 50.6 Å². The fourth-order valence-corrected chi connectivity index (χ4v) is 8.83. The minimum atomic E-state index is -1.18. The third kappa shape index (κ3) is 53.1. The van der Waals surface area contributed by atoms with Crippen LogP contribution < -0.4 is 16.0 Å². The van der Waals surface area contributed by atoms with Crippen LogP contribution in [0.3, 0.4) is 0 Å². The smallest absolute Gasteiger partial charge is 0.408 e. The number of terminal acetylenes is 2. The van der Waals surface area contributed by atoms with Gasteiger partial charge in [0.25, 0.3) is 0 Å². The molecule has 0 saturated carbocycles. The number of carboxylic acids is 2. The van der Waals surface area contributed by atoms with Gasteiger partial charge < -0.3 is 69.5 Å². The molecule has 35 nitrogen and oxygen atoms in total. The number of aliphatic hydroxyl groups excluding tert-OH is 1. The van der Waals surface area contributed by atoms with E-state index in [1.807, 2.05) is 166 Å². The first-order valence-electron chi connectivity index (χ1n) is 36.3. The van der Waals surface area contributed by atoms with Crippen molar-refractivity contribution in [2.75, 3.05) is 21.3 Å². The number of aromatic amines is 1. The summed E-state index contributed by atoms with van der Waals surface area (Å²) in [5.74, 6) is 0.608. The van der Waals surface area contributed by atoms with Gasteiger partial charge in [-0.05, 0) is 90.1 Å². The average molecular weight is 1700 g/mol. The molecule has 5 atom stereocenters. The van der Waals surface area contributed by atoms with E-state index in [1.165, 1.54) is 20.4 Å². The van der Waals surface area contributed by atoms with Crippen molar-refractivity contribution in [1.82, 2.24) is 61.3 Å². The predicted octanol–water partition coefficient (Wildman–Crippen LogP) is 12.9. The highest BCUT2D eigenvalue weighted by Crippen LogP contribution is 2.15. The molecular weight excluding hydrogens is 1580 g/mol. The fraction of sp³-hybridized carbons (Fsp3) is 0.425. The maximum absolute atomic E-state index is 12.8. The molecule has 670 valence electrons. The number of benzene rings is 5. The van der Waals surface area contributed by atoms with Crippen molar-refractivity contribution >= 4 is 60.9 Å². The van der Waals surface area contributed by atoms with Gasteiger partial charge in [0.15, 0.2) is 12.1 Å². The predicted molar refractivity (Wildman–Crippen MR) is 463 cm³/mol. The van der Waals surface area contributed by atoms with Crippen LogP contribution in [0, 0.1) is 24.7 Å². The van der Waals surface area contributed by atoms with E-state index in [-0.39, 0.29) is 89.1 Å². The highest BCUT2D eigenvalue weighted by molar-refractivity contribution is 5.83. The molecule has 35 heteroatoms. The first kappa shape index (κ1) is 115. The molecule has 0 fully saturated rings. The van der Waals surface area contributed by atoms with Crippen molar-refractivity contribution < 1.29 is 102 Å². The highest BCUT2D eigenvalue weighted by Gasteiger charge is 2.29. The number of H-pyrrole nitrogens is 1. The Labute approximate surface area is 717 Å². The number of amides is 3. The van der Waals surface area contributed by atoms with E-state index in [0.717, 1.165) is 47.7 Å². The van der Waals surface area contributed by atoms with Crippen LogP contribution in [0.5, 0.6) is 0 Å². The summed E-state index contributed by atoms with van der Waals surface area (Å²) in [5, 5.41) is 57.9. The molecule has 0 unspecified atom stereocenters. The molecule has 0 aliphatic carbocycles. The topological polar surface area (TPSA) is 453 Å². The lowest BCUT2D eigenvalue weighted by Gasteiger charge is -2.22. The lowest BCUT2D eigenvalue weighted by Crippen LogP contribution is -2.45. The van der Waals surface area contributed by atoms with E-state index in [1.54, 1.807) is 84.1 Å². The minimum Gasteiger partial charge on any atom is -0.480 e. The molecular formula is C87H126N14O21. The van der Waals surface area contributed by atoms with Gasteiger partial charge in [-0.15, -0.1) is 34.9 Å². The molecule has 5 aromatic carbocycles. The largest absolute Gasteiger partial charge is 0.480 e. The number of carboxylic acid groups (broad SMARTS) is 2. The number of carbonyl (C=O) groups excluding carboxylic acids is 6. The first-order valence-corrected chi connectivity index (χ1v) is 36.3. The zero-order valence-electron chi connectivity index (χ0n) is 68.1. The van der Waals surface area contributed by atoms with Gasteiger partial charge in [-0.25, -0.2) is 57.7 Å². The lowest BCUT2D eigenvalue weighted by atomic mass is 10.1. The lowest BCUT2D eigenvalue weighted by molar-refractivity contribution is -0.188. The van der Waals surface area contributed by atoms with Crippen LogP contribution in [0.4, 0.5) is 14.4 Å². The van der Waals surface area contributed by atoms with E-state index in [4.69, 9.17) is 56.6 Å². The summed E-state index contributed by atoms with van der Waals surface area (Å²) in [6, 6.07) is 43.0. The van der Waals surface area contributed by atoms with Crippen LogP contribution >= 0.6 is 0 Å². The third-order valence-corrected chi connectivity index (χ3v) is 13.8. The van der Waals surface area contributed by atoms with Crippen molar-refractivity contribution in [3.05, 3.63) is 215 Å². The molecule has 0 saturated heterocycles. The number of rotatable bonds is 32. The molecule has 3 aromatic heterocycles. The quantitative estimate of drug-likeness (QED) is 0.00391. The van der Waals surface area contributed by atoms with E-state index in [2.05, 4.69) is 93.4 Å². The summed E-state index contributed by atoms with van der Waals surface area (Å²) in [7, 11) is 3.64. The Hall–Kier alpha value is -13.4.